The zero-order valence-electron chi connectivity index (χ0n) is 19.0. The Hall–Kier alpha value is -2.16. The zero-order valence-corrected chi connectivity index (χ0v) is 19.0. The molecule has 0 aliphatic carbocycles. The van der Waals surface area contributed by atoms with Crippen LogP contribution in [0.2, 0.25) is 0 Å². The quantitative estimate of drug-likeness (QED) is 0.283. The maximum atomic E-state index is 5.79. The SMILES string of the molecule is COc1ccc(CNCCNCCNCCN(CCN)Cc2ccc(OC)cc2)cc1. The lowest BCUT2D eigenvalue weighted by molar-refractivity contribution is 0.272. The number of hydrogen-bond acceptors (Lipinski definition) is 7. The molecule has 0 aliphatic rings. The molecule has 7 heteroatoms. The molecule has 2 rings (SSSR count). The van der Waals surface area contributed by atoms with Crippen LogP contribution >= 0.6 is 0 Å². The first kappa shape index (κ1) is 25.1. The lowest BCUT2D eigenvalue weighted by atomic mass is 10.2. The summed E-state index contributed by atoms with van der Waals surface area (Å²) in [6, 6.07) is 16.4. The van der Waals surface area contributed by atoms with Crippen LogP contribution in [0.15, 0.2) is 48.5 Å². The smallest absolute Gasteiger partial charge is 0.118 e. The molecule has 0 aliphatic heterocycles. The van der Waals surface area contributed by atoms with Crippen LogP contribution in [0.25, 0.3) is 0 Å². The van der Waals surface area contributed by atoms with Gasteiger partial charge < -0.3 is 31.2 Å². The first-order chi connectivity index (χ1) is 15.2. The summed E-state index contributed by atoms with van der Waals surface area (Å²) in [6.45, 7) is 9.08. The minimum absolute atomic E-state index is 0.668. The molecule has 0 saturated carbocycles. The number of nitrogens with zero attached hydrogens (tertiary/aromatic N) is 1. The van der Waals surface area contributed by atoms with Crippen molar-refractivity contribution in [3.8, 4) is 11.5 Å². The molecule has 0 radical (unpaired) electrons. The van der Waals surface area contributed by atoms with E-state index in [9.17, 15) is 0 Å². The molecule has 0 aromatic heterocycles. The molecule has 5 N–H and O–H groups in total. The van der Waals surface area contributed by atoms with Gasteiger partial charge in [0, 0.05) is 65.4 Å². The van der Waals surface area contributed by atoms with Gasteiger partial charge in [0.1, 0.15) is 11.5 Å². The summed E-state index contributed by atoms with van der Waals surface area (Å²) in [4.78, 5) is 2.38. The minimum atomic E-state index is 0.668. The normalized spacial score (nSPS) is 11.1. The molecule has 0 atom stereocenters. The number of nitrogens with one attached hydrogen (secondary N) is 3. The van der Waals surface area contributed by atoms with E-state index >= 15 is 0 Å². The highest BCUT2D eigenvalue weighted by Gasteiger charge is 2.05. The Bertz CT molecular complexity index is 694. The van der Waals surface area contributed by atoms with Gasteiger partial charge >= 0.3 is 0 Å². The Balaban J connectivity index is 1.48. The first-order valence-electron chi connectivity index (χ1n) is 11.1. The van der Waals surface area contributed by atoms with Crippen LogP contribution in [-0.2, 0) is 13.1 Å². The van der Waals surface area contributed by atoms with Gasteiger partial charge in [-0.15, -0.1) is 0 Å². The van der Waals surface area contributed by atoms with Crippen molar-refractivity contribution in [1.29, 1.82) is 0 Å². The van der Waals surface area contributed by atoms with Crippen LogP contribution in [0.3, 0.4) is 0 Å². The third kappa shape index (κ3) is 10.6. The third-order valence-electron chi connectivity index (χ3n) is 5.06. The van der Waals surface area contributed by atoms with E-state index in [1.807, 2.05) is 24.3 Å². The van der Waals surface area contributed by atoms with Gasteiger partial charge in [-0.2, -0.15) is 0 Å². The monoisotopic (exact) mass is 429 g/mol. The van der Waals surface area contributed by atoms with Crippen molar-refractivity contribution in [2.45, 2.75) is 13.1 Å². The predicted octanol–water partition coefficient (Wildman–Crippen LogP) is 1.43. The number of ether oxygens (including phenoxy) is 2. The van der Waals surface area contributed by atoms with Gasteiger partial charge in [-0.1, -0.05) is 24.3 Å². The van der Waals surface area contributed by atoms with E-state index in [2.05, 4.69) is 45.1 Å². The van der Waals surface area contributed by atoms with E-state index in [4.69, 9.17) is 15.2 Å². The van der Waals surface area contributed by atoms with Gasteiger partial charge in [0.05, 0.1) is 14.2 Å². The van der Waals surface area contributed by atoms with Gasteiger partial charge in [0.15, 0.2) is 0 Å². The topological polar surface area (TPSA) is 83.8 Å². The van der Waals surface area contributed by atoms with Crippen molar-refractivity contribution in [3.05, 3.63) is 59.7 Å². The van der Waals surface area contributed by atoms with E-state index in [1.165, 1.54) is 11.1 Å². The highest BCUT2D eigenvalue weighted by atomic mass is 16.5. The molecule has 0 unspecified atom stereocenters. The molecule has 7 nitrogen and oxygen atoms in total. The lowest BCUT2D eigenvalue weighted by Gasteiger charge is -2.22. The van der Waals surface area contributed by atoms with E-state index in [0.717, 1.165) is 70.4 Å². The molecule has 0 bridgehead atoms. The molecule has 0 amide bonds. The van der Waals surface area contributed by atoms with Crippen molar-refractivity contribution in [2.24, 2.45) is 5.73 Å². The van der Waals surface area contributed by atoms with Crippen LogP contribution in [-0.4, -0.2) is 71.5 Å². The number of hydrogen-bond donors (Lipinski definition) is 4. The molecule has 172 valence electrons. The van der Waals surface area contributed by atoms with Gasteiger partial charge in [0.2, 0.25) is 0 Å². The Morgan fingerprint density at radius 1 is 0.677 bits per heavy atom. The molecule has 31 heavy (non-hydrogen) atoms. The van der Waals surface area contributed by atoms with Crippen LogP contribution < -0.4 is 31.2 Å². The van der Waals surface area contributed by atoms with Crippen LogP contribution in [0.1, 0.15) is 11.1 Å². The summed E-state index contributed by atoms with van der Waals surface area (Å²) in [7, 11) is 3.38. The average molecular weight is 430 g/mol. The molecule has 2 aromatic carbocycles. The largest absolute Gasteiger partial charge is 0.497 e. The second-order valence-electron chi connectivity index (χ2n) is 7.44. The predicted molar refractivity (Wildman–Crippen MR) is 128 cm³/mol. The maximum Gasteiger partial charge on any atom is 0.118 e. The second kappa shape index (κ2) is 15.6. The van der Waals surface area contributed by atoms with Gasteiger partial charge in [-0.05, 0) is 35.4 Å². The molecule has 0 heterocycles. The van der Waals surface area contributed by atoms with Gasteiger partial charge in [-0.3, -0.25) is 4.90 Å². The highest BCUT2D eigenvalue weighted by Crippen LogP contribution is 2.13. The highest BCUT2D eigenvalue weighted by molar-refractivity contribution is 5.27. The Labute approximate surface area is 187 Å². The number of benzene rings is 2. The summed E-state index contributed by atoms with van der Waals surface area (Å²) in [6.07, 6.45) is 0. The fourth-order valence-corrected chi connectivity index (χ4v) is 3.26. The van der Waals surface area contributed by atoms with Crippen molar-refractivity contribution in [2.75, 3.05) is 66.6 Å². The summed E-state index contributed by atoms with van der Waals surface area (Å²) < 4.78 is 10.4. The van der Waals surface area contributed by atoms with E-state index in [1.54, 1.807) is 14.2 Å². The van der Waals surface area contributed by atoms with Crippen LogP contribution in [0.5, 0.6) is 11.5 Å². The Morgan fingerprint density at radius 3 is 1.74 bits per heavy atom. The molecular formula is C24H39N5O2. The summed E-state index contributed by atoms with van der Waals surface area (Å²) >= 11 is 0. The van der Waals surface area contributed by atoms with Crippen LogP contribution in [0, 0.1) is 0 Å². The molecular weight excluding hydrogens is 390 g/mol. The number of methoxy groups -OCH3 is 2. The summed E-state index contributed by atoms with van der Waals surface area (Å²) in [5.74, 6) is 1.78. The summed E-state index contributed by atoms with van der Waals surface area (Å²) in [5.41, 5.74) is 8.32. The average Bonchev–Trinajstić information content (AvgIpc) is 2.81. The van der Waals surface area contributed by atoms with Crippen molar-refractivity contribution in [1.82, 2.24) is 20.9 Å². The maximum absolute atomic E-state index is 5.79. The first-order valence-corrected chi connectivity index (χ1v) is 11.1. The Morgan fingerprint density at radius 2 is 1.19 bits per heavy atom. The van der Waals surface area contributed by atoms with E-state index < -0.39 is 0 Å². The summed E-state index contributed by atoms with van der Waals surface area (Å²) in [5, 5.41) is 10.4. The van der Waals surface area contributed by atoms with Crippen LogP contribution in [0.4, 0.5) is 0 Å². The molecule has 0 spiro atoms. The molecule has 0 fully saturated rings. The number of nitrogens with two attached hydrogens (primary N) is 1. The van der Waals surface area contributed by atoms with Crippen molar-refractivity contribution in [3.63, 3.8) is 0 Å². The van der Waals surface area contributed by atoms with Gasteiger partial charge in [0.25, 0.3) is 0 Å². The van der Waals surface area contributed by atoms with E-state index in [-0.39, 0.29) is 0 Å². The zero-order chi connectivity index (χ0) is 22.2. The minimum Gasteiger partial charge on any atom is -0.497 e. The fourth-order valence-electron chi connectivity index (χ4n) is 3.26. The molecule has 2 aromatic rings. The fraction of sp³-hybridized carbons (Fsp3) is 0.500. The van der Waals surface area contributed by atoms with Crippen molar-refractivity contribution < 1.29 is 9.47 Å². The van der Waals surface area contributed by atoms with Crippen molar-refractivity contribution >= 4 is 0 Å². The lowest BCUT2D eigenvalue weighted by Crippen LogP contribution is -2.38. The van der Waals surface area contributed by atoms with Gasteiger partial charge in [-0.25, -0.2) is 0 Å². The standard InChI is InChI=1S/C24H39N5O2/c1-30-23-7-3-21(4-8-23)19-28-15-14-26-12-13-27-16-18-29(17-11-25)20-22-5-9-24(31-2)10-6-22/h3-10,26-28H,11-20,25H2,1-2H3. The molecule has 0 saturated heterocycles. The van der Waals surface area contributed by atoms with E-state index in [0.29, 0.717) is 6.54 Å². The number of rotatable bonds is 17. The Kier molecular flexibility index (Phi) is 12.6. The third-order valence-corrected chi connectivity index (χ3v) is 5.06. The second-order valence-corrected chi connectivity index (χ2v) is 7.44.